The van der Waals surface area contributed by atoms with Crippen molar-refractivity contribution in [1.82, 2.24) is 0 Å². The summed E-state index contributed by atoms with van der Waals surface area (Å²) in [5.41, 5.74) is -4.71. The molecule has 27 nitrogen and oxygen atoms in total. The average Bonchev–Trinajstić information content (AvgIpc) is 0.677. The summed E-state index contributed by atoms with van der Waals surface area (Å²) in [6.07, 6.45) is -33.0. The van der Waals surface area contributed by atoms with E-state index in [0.29, 0.717) is 31.3 Å². The third-order valence-corrected chi connectivity index (χ3v) is 23.0. The Labute approximate surface area is 517 Å². The third-order valence-electron chi connectivity index (χ3n) is 23.0. The van der Waals surface area contributed by atoms with Gasteiger partial charge in [-0.1, -0.05) is 72.3 Å². The molecular weight excluding hydrogens is 1180 g/mol. The minimum atomic E-state index is -2.24. The number of aliphatic carboxylic acids is 1. The second-order valence-electron chi connectivity index (χ2n) is 28.4. The first-order chi connectivity index (χ1) is 41.6. The molecule has 27 heteroatoms. The smallest absolute Gasteiger partial charge is 0.335 e. The average molecular weight is 1270 g/mol. The van der Waals surface area contributed by atoms with Crippen molar-refractivity contribution in [1.29, 1.82) is 0 Å². The van der Waals surface area contributed by atoms with Crippen molar-refractivity contribution in [2.45, 2.75) is 256 Å². The lowest BCUT2D eigenvalue weighted by atomic mass is 9.32. The topological polar surface area (TPSA) is 427 Å². The summed E-state index contributed by atoms with van der Waals surface area (Å²) in [5.74, 6) is -4.23. The van der Waals surface area contributed by atoms with Crippen LogP contribution in [0.3, 0.4) is 0 Å². The fraction of sp³-hybridized carbons (Fsp3) is 0.855. The molecule has 3 unspecified atom stereocenters. The van der Waals surface area contributed by atoms with E-state index in [1.54, 1.807) is 39.8 Å². The largest absolute Gasteiger partial charge is 0.479 e. The van der Waals surface area contributed by atoms with Gasteiger partial charge in [0, 0.05) is 22.0 Å². The van der Waals surface area contributed by atoms with E-state index >= 15 is 0 Å². The van der Waals surface area contributed by atoms with Crippen LogP contribution < -0.4 is 0 Å². The van der Waals surface area contributed by atoms with Gasteiger partial charge in [0.2, 0.25) is 0 Å². The second kappa shape index (κ2) is 25.8. The molecule has 0 radical (unpaired) electrons. The Bertz CT molecular complexity index is 2660. The molecule has 0 bridgehead atoms. The van der Waals surface area contributed by atoms with Crippen LogP contribution in [0.4, 0.5) is 0 Å². The molecule has 4 saturated heterocycles. The molecule has 0 aromatic rings. The Morgan fingerprint density at radius 1 is 0.607 bits per heavy atom. The first-order valence-corrected chi connectivity index (χ1v) is 31.1. The van der Waals surface area contributed by atoms with Gasteiger partial charge in [-0.05, 0) is 100 Å². The normalized spacial score (nSPS) is 49.8. The van der Waals surface area contributed by atoms with E-state index in [-0.39, 0.29) is 30.3 Å². The minimum absolute atomic E-state index is 0.197. The number of carboxylic acid groups (broad SMARTS) is 1. The molecule has 4 aliphatic heterocycles. The van der Waals surface area contributed by atoms with Crippen LogP contribution in [0.5, 0.6) is 0 Å². The number of hydrogen-bond donors (Lipinski definition) is 14. The number of carboxylic acids is 1. The van der Waals surface area contributed by atoms with Crippen LogP contribution in [0, 0.1) is 50.2 Å². The number of carbonyl (C=O) groups excluding carboxylic acids is 2. The maximum atomic E-state index is 13.9. The van der Waals surface area contributed by atoms with E-state index in [2.05, 4.69) is 19.9 Å². The molecule has 4 heterocycles. The Kier molecular flexibility index (Phi) is 20.4. The molecule has 89 heavy (non-hydrogen) atoms. The summed E-state index contributed by atoms with van der Waals surface area (Å²) in [6.45, 7) is 17.7. The van der Waals surface area contributed by atoms with Gasteiger partial charge in [-0.25, -0.2) is 14.4 Å². The SMILES string of the molecule is C/C=C(/C)C(=O)O[C@H]1[C@H](OC(=O)/C(C)=C\C)[C@@]2(CO)C(CC1(C)C)C1=CCC3[C@@]4(C)CC[C@H](O[C@@H]5O[C@H](C(=O)O)[C@@H](O)[C@H](O[C@@H]6OC[C@H](O)[C@H](O)[C@H]6O[C@@H]6OC[C@@H](O)[C@H](O)[C@H]6O)[C@H]5O[C@@H]5O[C@H](CO)[C@H](O)[C@H](O)[C@H]5O)C(C)(C)C4CC[C@@]3(C)[C@]1(C)[C@@H](O)[C@H]2O. The molecule has 4 saturated carbocycles. The van der Waals surface area contributed by atoms with Crippen LogP contribution in [0.25, 0.3) is 0 Å². The number of allylic oxidation sites excluding steroid dienone is 3. The molecule has 0 aromatic carbocycles. The number of fused-ring (bicyclic) bond motifs is 7. The van der Waals surface area contributed by atoms with Crippen LogP contribution in [-0.2, 0) is 61.8 Å². The van der Waals surface area contributed by atoms with Crippen molar-refractivity contribution in [2.75, 3.05) is 26.4 Å². The van der Waals surface area contributed by atoms with Gasteiger partial charge in [-0.15, -0.1) is 0 Å². The highest BCUT2D eigenvalue weighted by Gasteiger charge is 2.76. The first-order valence-electron chi connectivity index (χ1n) is 31.1. The number of esters is 2. The number of hydrogen-bond acceptors (Lipinski definition) is 26. The summed E-state index contributed by atoms with van der Waals surface area (Å²) in [4.78, 5) is 40.7. The Morgan fingerprint density at radius 2 is 1.18 bits per heavy atom. The number of ether oxygens (including phenoxy) is 10. The quantitative estimate of drug-likeness (QED) is 0.0393. The summed E-state index contributed by atoms with van der Waals surface area (Å²) < 4.78 is 61.2. The first kappa shape index (κ1) is 70.1. The van der Waals surface area contributed by atoms with Gasteiger partial charge in [-0.2, -0.15) is 0 Å². The monoisotopic (exact) mass is 1270 g/mol. The molecule has 9 aliphatic rings. The standard InChI is InChI=1S/C62H96O27/c1-12-25(3)51(78)88-48-49(89-52(79)26(4)13-2)62(24-64)28(20-57(48,5)6)27-14-15-33-59(9)18-17-34(58(7,8)32(59)16-19-60(33,10)61(27,11)46(74)47(62)75)83-56-45(87-54-40(72)38(70)37(69)31(21-63)82-54)42(41(73)43(85-56)50(76)77)84-55-44(36(68)30(66)23-81-55)86-53-39(71)35(67)29(65)22-80-53/h12-14,28-49,53-56,63-75H,15-24H2,1-11H3,(H,76,77)/b25-12-,26-13-/t28?,29-,30+,31-,32?,33?,34+,35+,36+,37+,38+,39-,40-,41+,42+,43+,44-,45-,46+,47-,48+,49+,53+,54+,55+,56-,59+,60-,61+,62+/m1/s1. The molecule has 0 spiro atoms. The van der Waals surface area contributed by atoms with Gasteiger partial charge in [-0.3, -0.25) is 0 Å². The number of carbonyl (C=O) groups is 3. The highest BCUT2D eigenvalue weighted by Crippen LogP contribution is 2.76. The van der Waals surface area contributed by atoms with Crippen LogP contribution in [-0.4, -0.2) is 257 Å². The fourth-order valence-electron chi connectivity index (χ4n) is 17.3. The second-order valence-corrected chi connectivity index (χ2v) is 28.4. The van der Waals surface area contributed by atoms with Crippen molar-refractivity contribution >= 4 is 17.9 Å². The fourth-order valence-corrected chi connectivity index (χ4v) is 17.3. The molecule has 0 amide bonds. The summed E-state index contributed by atoms with van der Waals surface area (Å²) in [7, 11) is 0. The summed E-state index contributed by atoms with van der Waals surface area (Å²) >= 11 is 0. The molecule has 8 fully saturated rings. The van der Waals surface area contributed by atoms with E-state index in [9.17, 15) is 85.9 Å². The molecule has 0 aromatic heterocycles. The molecular formula is C62H96O27. The van der Waals surface area contributed by atoms with Crippen molar-refractivity contribution < 1.29 is 133 Å². The number of aliphatic hydroxyl groups excluding tert-OH is 13. The van der Waals surface area contributed by atoms with Crippen molar-refractivity contribution in [3.63, 3.8) is 0 Å². The molecule has 5 aliphatic carbocycles. The number of rotatable bonds is 15. The Morgan fingerprint density at radius 3 is 1.78 bits per heavy atom. The lowest BCUT2D eigenvalue weighted by molar-refractivity contribution is -0.399. The van der Waals surface area contributed by atoms with E-state index in [4.69, 9.17) is 47.4 Å². The Hall–Kier alpha value is -3.21. The lowest BCUT2D eigenvalue weighted by Crippen LogP contribution is -2.76. The predicted octanol–water partition coefficient (Wildman–Crippen LogP) is -1.27. The maximum Gasteiger partial charge on any atom is 0.335 e. The summed E-state index contributed by atoms with van der Waals surface area (Å²) in [6, 6.07) is 0. The maximum absolute atomic E-state index is 13.9. The molecule has 9 rings (SSSR count). The minimum Gasteiger partial charge on any atom is -0.479 e. The van der Waals surface area contributed by atoms with E-state index < -0.39 is 224 Å². The van der Waals surface area contributed by atoms with Gasteiger partial charge in [0.05, 0.1) is 50.2 Å². The van der Waals surface area contributed by atoms with E-state index in [1.807, 2.05) is 34.6 Å². The van der Waals surface area contributed by atoms with Crippen molar-refractivity contribution in [2.24, 2.45) is 50.2 Å². The van der Waals surface area contributed by atoms with Crippen LogP contribution >= 0.6 is 0 Å². The van der Waals surface area contributed by atoms with Crippen LogP contribution in [0.15, 0.2) is 34.9 Å². The van der Waals surface area contributed by atoms with Gasteiger partial charge in [0.25, 0.3) is 0 Å². The zero-order valence-corrected chi connectivity index (χ0v) is 52.4. The van der Waals surface area contributed by atoms with Crippen LogP contribution in [0.1, 0.15) is 115 Å². The lowest BCUT2D eigenvalue weighted by Gasteiger charge is -2.73. The Balaban J connectivity index is 1.05. The van der Waals surface area contributed by atoms with E-state index in [1.165, 1.54) is 0 Å². The van der Waals surface area contributed by atoms with Gasteiger partial charge >= 0.3 is 17.9 Å². The molecule has 30 atom stereocenters. The highest BCUT2D eigenvalue weighted by molar-refractivity contribution is 5.89. The predicted molar refractivity (Wildman–Crippen MR) is 303 cm³/mol. The van der Waals surface area contributed by atoms with Gasteiger partial charge < -0.3 is 119 Å². The zero-order valence-electron chi connectivity index (χ0n) is 52.4. The van der Waals surface area contributed by atoms with E-state index in [0.717, 1.165) is 5.57 Å². The zero-order chi connectivity index (χ0) is 65.7. The van der Waals surface area contributed by atoms with Crippen molar-refractivity contribution in [3.8, 4) is 0 Å². The van der Waals surface area contributed by atoms with Crippen LogP contribution in [0.2, 0.25) is 0 Å². The molecule has 506 valence electrons. The van der Waals surface area contributed by atoms with Crippen molar-refractivity contribution in [3.05, 3.63) is 34.9 Å². The summed E-state index contributed by atoms with van der Waals surface area (Å²) in [5, 5.41) is 157. The van der Waals surface area contributed by atoms with Gasteiger partial charge in [0.15, 0.2) is 37.4 Å². The third kappa shape index (κ3) is 11.5. The number of aliphatic hydroxyl groups is 13. The van der Waals surface area contributed by atoms with Gasteiger partial charge in [0.1, 0.15) is 85.5 Å². The highest BCUT2D eigenvalue weighted by atomic mass is 16.8. The molecule has 14 N–H and O–H groups in total.